The molecule has 3 heterocycles. The van der Waals surface area contributed by atoms with E-state index in [2.05, 4.69) is 37.3 Å². The number of nitrogens with zero attached hydrogens (tertiary/aromatic N) is 4. The minimum atomic E-state index is 0.151. The first-order chi connectivity index (χ1) is 11.8. The number of amides is 1. The maximum atomic E-state index is 13.0. The second-order valence-electron chi connectivity index (χ2n) is 6.60. The summed E-state index contributed by atoms with van der Waals surface area (Å²) in [6.07, 6.45) is 9.35. The van der Waals surface area contributed by atoms with Crippen molar-refractivity contribution in [3.05, 3.63) is 41.0 Å². The summed E-state index contributed by atoms with van der Waals surface area (Å²) in [5.41, 5.74) is 0. The molecule has 0 aromatic carbocycles. The molecule has 0 N–H and O–H groups in total. The SMILES string of the molecule is O=C(C1CCN(c2cnccn2)CC1)N(Cc1cccs1)C1CC1. The predicted molar refractivity (Wildman–Crippen MR) is 94.9 cm³/mol. The van der Waals surface area contributed by atoms with Gasteiger partial charge < -0.3 is 9.80 Å². The number of hydrogen-bond acceptors (Lipinski definition) is 5. The van der Waals surface area contributed by atoms with Gasteiger partial charge in [0.1, 0.15) is 5.82 Å². The fourth-order valence-electron chi connectivity index (χ4n) is 3.39. The standard InChI is InChI=1S/C18H22N4OS/c23-18(22(15-3-4-15)13-16-2-1-11-24-16)14-5-9-21(10-6-14)17-12-19-7-8-20-17/h1-2,7-8,11-12,14-15H,3-6,9-10,13H2. The largest absolute Gasteiger partial charge is 0.355 e. The van der Waals surface area contributed by atoms with Gasteiger partial charge in [-0.1, -0.05) is 6.07 Å². The van der Waals surface area contributed by atoms with Gasteiger partial charge in [0.15, 0.2) is 0 Å². The van der Waals surface area contributed by atoms with E-state index < -0.39 is 0 Å². The monoisotopic (exact) mass is 342 g/mol. The van der Waals surface area contributed by atoms with Crippen molar-refractivity contribution in [1.29, 1.82) is 0 Å². The zero-order valence-electron chi connectivity index (χ0n) is 13.7. The van der Waals surface area contributed by atoms with Gasteiger partial charge in [0, 0.05) is 42.3 Å². The van der Waals surface area contributed by atoms with Crippen molar-refractivity contribution in [2.75, 3.05) is 18.0 Å². The highest BCUT2D eigenvalue weighted by Gasteiger charge is 2.37. The maximum Gasteiger partial charge on any atom is 0.226 e. The van der Waals surface area contributed by atoms with Gasteiger partial charge in [-0.2, -0.15) is 0 Å². The lowest BCUT2D eigenvalue weighted by Crippen LogP contribution is -2.43. The van der Waals surface area contributed by atoms with E-state index in [1.54, 1.807) is 29.9 Å². The molecular formula is C18H22N4OS. The molecule has 2 aromatic rings. The first-order valence-electron chi connectivity index (χ1n) is 8.65. The van der Waals surface area contributed by atoms with Crippen LogP contribution in [-0.2, 0) is 11.3 Å². The van der Waals surface area contributed by atoms with Crippen LogP contribution in [0.2, 0.25) is 0 Å². The highest BCUT2D eigenvalue weighted by atomic mass is 32.1. The highest BCUT2D eigenvalue weighted by molar-refractivity contribution is 7.09. The zero-order chi connectivity index (χ0) is 16.4. The van der Waals surface area contributed by atoms with Crippen LogP contribution in [0.5, 0.6) is 0 Å². The second-order valence-corrected chi connectivity index (χ2v) is 7.63. The number of piperidine rings is 1. The first-order valence-corrected chi connectivity index (χ1v) is 9.53. The molecule has 1 aliphatic carbocycles. The van der Waals surface area contributed by atoms with Crippen molar-refractivity contribution in [2.24, 2.45) is 5.92 Å². The lowest BCUT2D eigenvalue weighted by molar-refractivity contribution is -0.137. The summed E-state index contributed by atoms with van der Waals surface area (Å²) in [7, 11) is 0. The Labute approximate surface area is 146 Å². The van der Waals surface area contributed by atoms with Crippen molar-refractivity contribution in [3.8, 4) is 0 Å². The molecule has 5 nitrogen and oxygen atoms in total. The first kappa shape index (κ1) is 15.6. The average Bonchev–Trinajstić information content (AvgIpc) is 3.36. The van der Waals surface area contributed by atoms with Crippen molar-refractivity contribution < 1.29 is 4.79 Å². The fourth-order valence-corrected chi connectivity index (χ4v) is 4.09. The van der Waals surface area contributed by atoms with Crippen LogP contribution in [-0.4, -0.2) is 39.9 Å². The second kappa shape index (κ2) is 6.89. The molecule has 1 saturated heterocycles. The fraction of sp³-hybridized carbons (Fsp3) is 0.500. The summed E-state index contributed by atoms with van der Waals surface area (Å²) >= 11 is 1.74. The Kier molecular flexibility index (Phi) is 4.47. The van der Waals surface area contributed by atoms with E-state index in [1.165, 1.54) is 4.88 Å². The Bertz CT molecular complexity index is 664. The van der Waals surface area contributed by atoms with Crippen LogP contribution in [0.1, 0.15) is 30.6 Å². The van der Waals surface area contributed by atoms with Crippen LogP contribution >= 0.6 is 11.3 Å². The third-order valence-corrected chi connectivity index (χ3v) is 5.76. The molecule has 2 aliphatic rings. The number of rotatable bonds is 5. The summed E-state index contributed by atoms with van der Waals surface area (Å²) in [5, 5.41) is 2.09. The van der Waals surface area contributed by atoms with Gasteiger partial charge in [0.2, 0.25) is 5.91 Å². The van der Waals surface area contributed by atoms with Crippen LogP contribution in [0.4, 0.5) is 5.82 Å². The van der Waals surface area contributed by atoms with Crippen LogP contribution < -0.4 is 4.90 Å². The Morgan fingerprint density at radius 1 is 1.25 bits per heavy atom. The molecule has 2 aromatic heterocycles. The number of carbonyl (C=O) groups excluding carboxylic acids is 1. The zero-order valence-corrected chi connectivity index (χ0v) is 14.5. The van der Waals surface area contributed by atoms with E-state index in [4.69, 9.17) is 0 Å². The van der Waals surface area contributed by atoms with Gasteiger partial charge in [0.05, 0.1) is 12.7 Å². The minimum absolute atomic E-state index is 0.151. The third kappa shape index (κ3) is 3.43. The van der Waals surface area contributed by atoms with Gasteiger partial charge in [-0.25, -0.2) is 4.98 Å². The number of aromatic nitrogens is 2. The van der Waals surface area contributed by atoms with E-state index >= 15 is 0 Å². The third-order valence-electron chi connectivity index (χ3n) is 4.89. The van der Waals surface area contributed by atoms with Crippen LogP contribution in [0, 0.1) is 5.92 Å². The molecule has 2 fully saturated rings. The van der Waals surface area contributed by atoms with E-state index in [1.807, 2.05) is 0 Å². The molecule has 24 heavy (non-hydrogen) atoms. The van der Waals surface area contributed by atoms with E-state index in [-0.39, 0.29) is 5.92 Å². The molecule has 0 radical (unpaired) electrons. The minimum Gasteiger partial charge on any atom is -0.355 e. The van der Waals surface area contributed by atoms with E-state index in [9.17, 15) is 4.79 Å². The van der Waals surface area contributed by atoms with Crippen molar-refractivity contribution in [3.63, 3.8) is 0 Å². The van der Waals surface area contributed by atoms with Crippen molar-refractivity contribution in [2.45, 2.75) is 38.3 Å². The number of thiophene rings is 1. The molecule has 1 saturated carbocycles. The quantitative estimate of drug-likeness (QED) is 0.838. The Morgan fingerprint density at radius 2 is 2.08 bits per heavy atom. The molecule has 0 spiro atoms. The molecule has 0 bridgehead atoms. The summed E-state index contributed by atoms with van der Waals surface area (Å²) in [6.45, 7) is 2.55. The summed E-state index contributed by atoms with van der Waals surface area (Å²) in [4.78, 5) is 27.2. The lowest BCUT2D eigenvalue weighted by Gasteiger charge is -2.34. The summed E-state index contributed by atoms with van der Waals surface area (Å²) in [6, 6.07) is 4.66. The average molecular weight is 342 g/mol. The molecule has 0 unspecified atom stereocenters. The normalized spacial score (nSPS) is 18.6. The van der Waals surface area contributed by atoms with Gasteiger partial charge in [-0.05, 0) is 37.1 Å². The van der Waals surface area contributed by atoms with Gasteiger partial charge >= 0.3 is 0 Å². The predicted octanol–water partition coefficient (Wildman–Crippen LogP) is 2.95. The van der Waals surface area contributed by atoms with Crippen LogP contribution in [0.25, 0.3) is 0 Å². The molecule has 126 valence electrons. The summed E-state index contributed by atoms with van der Waals surface area (Å²) < 4.78 is 0. The maximum absolute atomic E-state index is 13.0. The number of anilines is 1. The molecule has 1 aliphatic heterocycles. The molecular weight excluding hydrogens is 320 g/mol. The molecule has 1 amide bonds. The Morgan fingerprint density at radius 3 is 2.71 bits per heavy atom. The van der Waals surface area contributed by atoms with Gasteiger partial charge in [0.25, 0.3) is 0 Å². The lowest BCUT2D eigenvalue weighted by atomic mass is 9.95. The summed E-state index contributed by atoms with van der Waals surface area (Å²) in [5.74, 6) is 1.42. The van der Waals surface area contributed by atoms with Gasteiger partial charge in [-0.15, -0.1) is 11.3 Å². The molecule has 4 rings (SSSR count). The molecule has 0 atom stereocenters. The van der Waals surface area contributed by atoms with Crippen LogP contribution in [0.3, 0.4) is 0 Å². The molecule has 6 heteroatoms. The Balaban J connectivity index is 1.38. The van der Waals surface area contributed by atoms with E-state index in [0.717, 1.165) is 51.1 Å². The van der Waals surface area contributed by atoms with E-state index in [0.29, 0.717) is 11.9 Å². The number of hydrogen-bond donors (Lipinski definition) is 0. The Hall–Kier alpha value is -1.95. The van der Waals surface area contributed by atoms with Crippen molar-refractivity contribution in [1.82, 2.24) is 14.9 Å². The smallest absolute Gasteiger partial charge is 0.226 e. The topological polar surface area (TPSA) is 49.3 Å². The van der Waals surface area contributed by atoms with Gasteiger partial charge in [-0.3, -0.25) is 9.78 Å². The number of carbonyl (C=O) groups is 1. The highest BCUT2D eigenvalue weighted by Crippen LogP contribution is 2.32. The van der Waals surface area contributed by atoms with Crippen LogP contribution in [0.15, 0.2) is 36.1 Å². The van der Waals surface area contributed by atoms with Crippen molar-refractivity contribution >= 4 is 23.1 Å².